The Bertz CT molecular complexity index is 1220. The summed E-state index contributed by atoms with van der Waals surface area (Å²) in [5, 5.41) is 8.26. The molecule has 4 aromatic rings. The Balaban J connectivity index is 1.42. The van der Waals surface area contributed by atoms with Gasteiger partial charge in [0, 0.05) is 30.2 Å². The molecule has 4 heterocycles. The van der Waals surface area contributed by atoms with Crippen LogP contribution in [0, 0.1) is 13.8 Å². The molecule has 0 unspecified atom stereocenters. The minimum Gasteiger partial charge on any atom is -0.378 e. The smallest absolute Gasteiger partial charge is 0.261 e. The number of fused-ring (bicyclic) bond motifs is 2. The number of thiazole rings is 1. The van der Waals surface area contributed by atoms with Crippen LogP contribution in [0.15, 0.2) is 30.5 Å². The maximum absolute atomic E-state index is 12.9. The molecule has 0 aliphatic carbocycles. The maximum atomic E-state index is 12.9. The first-order valence-electron chi connectivity index (χ1n) is 9.45. The highest BCUT2D eigenvalue weighted by molar-refractivity contribution is 7.22. The monoisotopic (exact) mass is 408 g/mol. The van der Waals surface area contributed by atoms with E-state index in [0.29, 0.717) is 11.2 Å². The number of ether oxygens (including phenoxy) is 1. The summed E-state index contributed by atoms with van der Waals surface area (Å²) >= 11 is 1.63. The highest BCUT2D eigenvalue weighted by Crippen LogP contribution is 2.31. The van der Waals surface area contributed by atoms with Gasteiger partial charge in [0.2, 0.25) is 0 Å². The molecule has 1 aliphatic heterocycles. The molecule has 5 rings (SSSR count). The van der Waals surface area contributed by atoms with Crippen LogP contribution in [0.4, 0.5) is 10.8 Å². The summed E-state index contributed by atoms with van der Waals surface area (Å²) < 4.78 is 8.13. The lowest BCUT2D eigenvalue weighted by molar-refractivity contribution is 0.102. The summed E-state index contributed by atoms with van der Waals surface area (Å²) in [5.74, 6) is -0.227. The summed E-state index contributed by atoms with van der Waals surface area (Å²) in [6.45, 7) is 7.01. The first-order valence-corrected chi connectivity index (χ1v) is 10.3. The zero-order chi connectivity index (χ0) is 20.0. The number of aryl methyl sites for hydroxylation is 2. The number of aromatic nitrogens is 4. The Morgan fingerprint density at radius 2 is 2.00 bits per heavy atom. The molecule has 9 heteroatoms. The first kappa shape index (κ1) is 18.0. The van der Waals surface area contributed by atoms with Gasteiger partial charge in [0.15, 0.2) is 10.8 Å². The van der Waals surface area contributed by atoms with Crippen molar-refractivity contribution in [1.82, 2.24) is 19.6 Å². The van der Waals surface area contributed by atoms with Crippen molar-refractivity contribution in [2.45, 2.75) is 13.8 Å². The predicted octanol–water partition coefficient (Wildman–Crippen LogP) is 3.04. The van der Waals surface area contributed by atoms with Gasteiger partial charge in [-0.25, -0.2) is 14.5 Å². The Morgan fingerprint density at radius 1 is 1.17 bits per heavy atom. The van der Waals surface area contributed by atoms with E-state index < -0.39 is 0 Å². The van der Waals surface area contributed by atoms with Crippen molar-refractivity contribution in [3.8, 4) is 0 Å². The van der Waals surface area contributed by atoms with Gasteiger partial charge < -0.3 is 15.0 Å². The molecule has 0 saturated carbocycles. The number of carbonyl (C=O) groups is 1. The Hall–Kier alpha value is -3.04. The van der Waals surface area contributed by atoms with E-state index in [9.17, 15) is 4.79 Å². The van der Waals surface area contributed by atoms with Gasteiger partial charge in [-0.05, 0) is 38.1 Å². The van der Waals surface area contributed by atoms with Crippen LogP contribution in [-0.4, -0.2) is 51.8 Å². The molecule has 1 saturated heterocycles. The number of carbonyl (C=O) groups excluding carboxylic acids is 1. The van der Waals surface area contributed by atoms with Gasteiger partial charge in [-0.1, -0.05) is 11.3 Å². The van der Waals surface area contributed by atoms with E-state index >= 15 is 0 Å². The van der Waals surface area contributed by atoms with Gasteiger partial charge in [0.25, 0.3) is 5.91 Å². The molecule has 0 atom stereocenters. The van der Waals surface area contributed by atoms with Crippen molar-refractivity contribution in [1.29, 1.82) is 0 Å². The maximum Gasteiger partial charge on any atom is 0.261 e. The molecule has 0 spiro atoms. The number of hydrogen-bond acceptors (Lipinski definition) is 7. The minimum absolute atomic E-state index is 0.227. The lowest BCUT2D eigenvalue weighted by atomic mass is 10.2. The quantitative estimate of drug-likeness (QED) is 0.561. The van der Waals surface area contributed by atoms with Crippen molar-refractivity contribution in [2.24, 2.45) is 0 Å². The molecule has 3 aromatic heterocycles. The molecule has 0 bridgehead atoms. The lowest BCUT2D eigenvalue weighted by Crippen LogP contribution is -2.36. The number of nitrogens with zero attached hydrogens (tertiary/aromatic N) is 5. The molecular weight excluding hydrogens is 388 g/mol. The van der Waals surface area contributed by atoms with E-state index in [-0.39, 0.29) is 5.91 Å². The average Bonchev–Trinajstić information content (AvgIpc) is 3.32. The van der Waals surface area contributed by atoms with Crippen LogP contribution in [0.5, 0.6) is 0 Å². The van der Waals surface area contributed by atoms with Gasteiger partial charge in [-0.2, -0.15) is 5.10 Å². The largest absolute Gasteiger partial charge is 0.378 e. The summed E-state index contributed by atoms with van der Waals surface area (Å²) in [4.78, 5) is 24.3. The molecular formula is C20H20N6O2S. The van der Waals surface area contributed by atoms with Crippen LogP contribution in [0.1, 0.15) is 21.7 Å². The molecule has 1 aliphatic rings. The second kappa shape index (κ2) is 7.09. The third-order valence-corrected chi connectivity index (χ3v) is 6.02. The number of morpholine rings is 1. The van der Waals surface area contributed by atoms with Crippen molar-refractivity contribution in [3.63, 3.8) is 0 Å². The molecule has 1 fully saturated rings. The zero-order valence-electron chi connectivity index (χ0n) is 16.2. The van der Waals surface area contributed by atoms with Crippen molar-refractivity contribution >= 4 is 43.9 Å². The van der Waals surface area contributed by atoms with Gasteiger partial charge in [0.1, 0.15) is 5.56 Å². The number of hydrogen-bond donors (Lipinski definition) is 1. The highest BCUT2D eigenvalue weighted by atomic mass is 32.1. The van der Waals surface area contributed by atoms with E-state index in [1.807, 2.05) is 38.1 Å². The Morgan fingerprint density at radius 3 is 2.83 bits per heavy atom. The van der Waals surface area contributed by atoms with Crippen LogP contribution in [0.2, 0.25) is 0 Å². The molecule has 0 radical (unpaired) electrons. The number of anilines is 2. The molecule has 1 N–H and O–H groups in total. The predicted molar refractivity (Wildman–Crippen MR) is 113 cm³/mol. The fourth-order valence-corrected chi connectivity index (χ4v) is 4.57. The fourth-order valence-electron chi connectivity index (χ4n) is 3.51. The van der Waals surface area contributed by atoms with Gasteiger partial charge in [-0.15, -0.1) is 0 Å². The second-order valence-corrected chi connectivity index (χ2v) is 8.07. The third-order valence-electron chi connectivity index (χ3n) is 4.94. The molecule has 29 heavy (non-hydrogen) atoms. The van der Waals surface area contributed by atoms with E-state index in [0.717, 1.165) is 58.7 Å². The van der Waals surface area contributed by atoms with Crippen LogP contribution in [0.3, 0.4) is 0 Å². The Kier molecular flexibility index (Phi) is 4.40. The SMILES string of the molecule is Cc1cc(C)n2ncc(C(=O)Nc3ccc4nc(N5CCOCC5)sc4c3)c2n1. The number of nitrogens with one attached hydrogen (secondary N) is 1. The summed E-state index contributed by atoms with van der Waals surface area (Å²) in [5.41, 5.74) is 4.46. The van der Waals surface area contributed by atoms with E-state index in [1.54, 1.807) is 22.0 Å². The summed E-state index contributed by atoms with van der Waals surface area (Å²) in [6.07, 6.45) is 1.56. The highest BCUT2D eigenvalue weighted by Gasteiger charge is 2.18. The van der Waals surface area contributed by atoms with Gasteiger partial charge in [0.05, 0.1) is 29.6 Å². The van der Waals surface area contributed by atoms with E-state index in [4.69, 9.17) is 9.72 Å². The minimum atomic E-state index is -0.227. The lowest BCUT2D eigenvalue weighted by Gasteiger charge is -2.25. The van der Waals surface area contributed by atoms with Gasteiger partial charge >= 0.3 is 0 Å². The van der Waals surface area contributed by atoms with Crippen LogP contribution in [0.25, 0.3) is 15.9 Å². The average molecular weight is 408 g/mol. The van der Waals surface area contributed by atoms with Crippen LogP contribution < -0.4 is 10.2 Å². The van der Waals surface area contributed by atoms with E-state index in [2.05, 4.69) is 20.3 Å². The zero-order valence-corrected chi connectivity index (χ0v) is 17.0. The van der Waals surface area contributed by atoms with Crippen LogP contribution in [-0.2, 0) is 4.74 Å². The number of amides is 1. The number of rotatable bonds is 3. The molecule has 148 valence electrons. The normalized spacial score (nSPS) is 14.6. The topological polar surface area (TPSA) is 84.7 Å². The number of benzene rings is 1. The third kappa shape index (κ3) is 3.32. The van der Waals surface area contributed by atoms with Crippen molar-refractivity contribution in [2.75, 3.05) is 36.5 Å². The second-order valence-electron chi connectivity index (χ2n) is 7.07. The van der Waals surface area contributed by atoms with Crippen molar-refractivity contribution in [3.05, 3.63) is 47.4 Å². The summed E-state index contributed by atoms with van der Waals surface area (Å²) in [7, 11) is 0. The van der Waals surface area contributed by atoms with Gasteiger partial charge in [-0.3, -0.25) is 4.79 Å². The van der Waals surface area contributed by atoms with E-state index in [1.165, 1.54) is 0 Å². The molecule has 8 nitrogen and oxygen atoms in total. The fraction of sp³-hybridized carbons (Fsp3) is 0.300. The molecule has 1 amide bonds. The van der Waals surface area contributed by atoms with Crippen molar-refractivity contribution < 1.29 is 9.53 Å². The summed E-state index contributed by atoms with van der Waals surface area (Å²) in [6, 6.07) is 7.71. The Labute approximate surface area is 171 Å². The molecule has 1 aromatic carbocycles. The van der Waals surface area contributed by atoms with Crippen LogP contribution >= 0.6 is 11.3 Å². The first-order chi connectivity index (χ1) is 14.1. The standard InChI is InChI=1S/C20H20N6O2S/c1-12-9-13(2)26-18(22-12)15(11-21-26)19(27)23-14-3-4-16-17(10-14)29-20(24-16)25-5-7-28-8-6-25/h3-4,9-11H,5-8H2,1-2H3,(H,23,27).